The predicted molar refractivity (Wildman–Crippen MR) is 85.8 cm³/mol. The van der Waals surface area contributed by atoms with Gasteiger partial charge in [0.05, 0.1) is 5.04 Å². The van der Waals surface area contributed by atoms with E-state index in [2.05, 4.69) is 48.3 Å². The van der Waals surface area contributed by atoms with Crippen molar-refractivity contribution < 1.29 is 4.74 Å². The fourth-order valence-corrected chi connectivity index (χ4v) is 2.92. The highest BCUT2D eigenvalue weighted by molar-refractivity contribution is 8.14. The maximum atomic E-state index is 5.80. The van der Waals surface area contributed by atoms with Gasteiger partial charge in [-0.15, -0.1) is 11.8 Å². The Balaban J connectivity index is 1.62. The maximum Gasteiger partial charge on any atom is 0.119 e. The fourth-order valence-electron chi connectivity index (χ4n) is 2.05. The van der Waals surface area contributed by atoms with Crippen LogP contribution in [-0.4, -0.2) is 17.3 Å². The maximum absolute atomic E-state index is 5.80. The molecule has 0 bridgehead atoms. The normalized spacial score (nSPS) is 14.2. The number of thioether (sulfide) groups is 1. The zero-order valence-corrected chi connectivity index (χ0v) is 12.3. The lowest BCUT2D eigenvalue weighted by Crippen LogP contribution is -1.96. The minimum absolute atomic E-state index is 0.606. The Bertz CT molecular complexity index is 602. The zero-order chi connectivity index (χ0) is 13.8. The van der Waals surface area contributed by atoms with Crippen molar-refractivity contribution in [3.63, 3.8) is 0 Å². The molecule has 0 atom stereocenters. The summed E-state index contributed by atoms with van der Waals surface area (Å²) < 4.78 is 5.80. The van der Waals surface area contributed by atoms with E-state index >= 15 is 0 Å². The van der Waals surface area contributed by atoms with Crippen molar-refractivity contribution in [3.05, 3.63) is 65.2 Å². The summed E-state index contributed by atoms with van der Waals surface area (Å²) in [5, 5.41) is 1.15. The Labute approximate surface area is 123 Å². The summed E-state index contributed by atoms with van der Waals surface area (Å²) in [6.07, 6.45) is 0. The van der Waals surface area contributed by atoms with Crippen LogP contribution in [-0.2, 0) is 6.61 Å². The van der Waals surface area contributed by atoms with Crippen LogP contribution in [0.1, 0.15) is 16.7 Å². The van der Waals surface area contributed by atoms with Gasteiger partial charge in [0.25, 0.3) is 0 Å². The summed E-state index contributed by atoms with van der Waals surface area (Å²) in [5.74, 6) is 2.00. The zero-order valence-electron chi connectivity index (χ0n) is 11.5. The first-order valence-corrected chi connectivity index (χ1v) is 7.76. The quantitative estimate of drug-likeness (QED) is 0.843. The second kappa shape index (κ2) is 6.14. The average Bonchev–Trinajstić information content (AvgIpc) is 3.01. The van der Waals surface area contributed by atoms with Crippen LogP contribution in [0.15, 0.2) is 53.5 Å². The summed E-state index contributed by atoms with van der Waals surface area (Å²) >= 11 is 1.82. The summed E-state index contributed by atoms with van der Waals surface area (Å²) in [6, 6.07) is 16.6. The van der Waals surface area contributed by atoms with Crippen molar-refractivity contribution in [2.45, 2.75) is 13.5 Å². The highest BCUT2D eigenvalue weighted by Gasteiger charge is 2.09. The summed E-state index contributed by atoms with van der Waals surface area (Å²) in [5.41, 5.74) is 3.65. The van der Waals surface area contributed by atoms with Crippen molar-refractivity contribution >= 4 is 16.8 Å². The average molecular weight is 283 g/mol. The number of aliphatic imine (C=N–C) groups is 1. The van der Waals surface area contributed by atoms with E-state index in [1.807, 2.05) is 23.9 Å². The van der Waals surface area contributed by atoms with Gasteiger partial charge in [0, 0.05) is 17.9 Å². The lowest BCUT2D eigenvalue weighted by Gasteiger charge is -2.07. The predicted octanol–water partition coefficient (Wildman–Crippen LogP) is 4.07. The molecule has 0 amide bonds. The lowest BCUT2D eigenvalue weighted by atomic mass is 10.2. The molecule has 0 unspecified atom stereocenters. The van der Waals surface area contributed by atoms with E-state index in [0.29, 0.717) is 6.61 Å². The number of hydrogen-bond acceptors (Lipinski definition) is 3. The lowest BCUT2D eigenvalue weighted by molar-refractivity contribution is 0.306. The van der Waals surface area contributed by atoms with Crippen LogP contribution in [0.3, 0.4) is 0 Å². The summed E-state index contributed by atoms with van der Waals surface area (Å²) in [4.78, 5) is 4.48. The number of ether oxygens (including phenoxy) is 1. The molecule has 2 aromatic carbocycles. The van der Waals surface area contributed by atoms with Gasteiger partial charge in [-0.2, -0.15) is 0 Å². The van der Waals surface area contributed by atoms with Gasteiger partial charge >= 0.3 is 0 Å². The third-order valence-electron chi connectivity index (χ3n) is 3.21. The van der Waals surface area contributed by atoms with Gasteiger partial charge in [-0.25, -0.2) is 0 Å². The van der Waals surface area contributed by atoms with E-state index < -0.39 is 0 Å². The van der Waals surface area contributed by atoms with Crippen LogP contribution in [0.4, 0.5) is 0 Å². The molecule has 0 aliphatic carbocycles. The minimum Gasteiger partial charge on any atom is -0.489 e. The van der Waals surface area contributed by atoms with Crippen molar-refractivity contribution in [1.29, 1.82) is 0 Å². The van der Waals surface area contributed by atoms with Crippen LogP contribution in [0.5, 0.6) is 5.75 Å². The van der Waals surface area contributed by atoms with Crippen molar-refractivity contribution in [2.24, 2.45) is 4.99 Å². The third-order valence-corrected chi connectivity index (χ3v) is 4.24. The van der Waals surface area contributed by atoms with Gasteiger partial charge in [0.15, 0.2) is 0 Å². The van der Waals surface area contributed by atoms with E-state index in [9.17, 15) is 0 Å². The molecule has 1 heterocycles. The Hall–Kier alpha value is -1.74. The van der Waals surface area contributed by atoms with Crippen molar-refractivity contribution in [2.75, 3.05) is 12.3 Å². The Morgan fingerprint density at radius 2 is 1.80 bits per heavy atom. The topological polar surface area (TPSA) is 21.6 Å². The van der Waals surface area contributed by atoms with E-state index in [-0.39, 0.29) is 0 Å². The Morgan fingerprint density at radius 3 is 2.45 bits per heavy atom. The molecule has 0 N–H and O–H groups in total. The molecule has 20 heavy (non-hydrogen) atoms. The van der Waals surface area contributed by atoms with Gasteiger partial charge in [-0.3, -0.25) is 4.99 Å². The Kier molecular flexibility index (Phi) is 4.07. The largest absolute Gasteiger partial charge is 0.489 e. The fraction of sp³-hybridized carbons (Fsp3) is 0.235. The first-order chi connectivity index (χ1) is 9.81. The SMILES string of the molecule is Cc1ccc(COc2ccc(C3=NCCS3)cc2)cc1. The molecule has 3 heteroatoms. The van der Waals surface area contributed by atoms with E-state index in [4.69, 9.17) is 4.74 Å². The van der Waals surface area contributed by atoms with Crippen LogP contribution in [0.2, 0.25) is 0 Å². The molecule has 102 valence electrons. The van der Waals surface area contributed by atoms with Gasteiger partial charge < -0.3 is 4.74 Å². The molecular formula is C17H17NOS. The number of aryl methyl sites for hydroxylation is 1. The smallest absolute Gasteiger partial charge is 0.119 e. The Morgan fingerprint density at radius 1 is 1.05 bits per heavy atom. The third kappa shape index (κ3) is 3.23. The minimum atomic E-state index is 0.606. The molecule has 0 fully saturated rings. The van der Waals surface area contributed by atoms with Crippen LogP contribution >= 0.6 is 11.8 Å². The summed E-state index contributed by atoms with van der Waals surface area (Å²) in [7, 11) is 0. The highest BCUT2D eigenvalue weighted by Crippen LogP contribution is 2.21. The molecule has 2 nitrogen and oxygen atoms in total. The molecule has 2 aromatic rings. The first kappa shape index (κ1) is 13.3. The summed E-state index contributed by atoms with van der Waals surface area (Å²) in [6.45, 7) is 3.63. The molecule has 0 saturated heterocycles. The second-order valence-electron chi connectivity index (χ2n) is 4.83. The van der Waals surface area contributed by atoms with Crippen LogP contribution in [0.25, 0.3) is 0 Å². The van der Waals surface area contributed by atoms with Crippen LogP contribution < -0.4 is 4.74 Å². The van der Waals surface area contributed by atoms with Gasteiger partial charge in [-0.1, -0.05) is 29.8 Å². The van der Waals surface area contributed by atoms with E-state index in [0.717, 1.165) is 23.1 Å². The molecule has 1 aliphatic rings. The standard InChI is InChI=1S/C17H17NOS/c1-13-2-4-14(5-3-13)12-19-16-8-6-15(7-9-16)17-18-10-11-20-17/h2-9H,10-12H2,1H3. The van der Waals surface area contributed by atoms with Gasteiger partial charge in [0.2, 0.25) is 0 Å². The van der Waals surface area contributed by atoms with E-state index in [1.54, 1.807) is 0 Å². The molecular weight excluding hydrogens is 266 g/mol. The number of benzene rings is 2. The molecule has 1 aliphatic heterocycles. The molecule has 0 spiro atoms. The highest BCUT2D eigenvalue weighted by atomic mass is 32.2. The number of nitrogens with zero attached hydrogens (tertiary/aromatic N) is 1. The van der Waals surface area contributed by atoms with Gasteiger partial charge in [-0.05, 0) is 36.8 Å². The van der Waals surface area contributed by atoms with Gasteiger partial charge in [0.1, 0.15) is 12.4 Å². The molecule has 3 rings (SSSR count). The molecule has 0 radical (unpaired) electrons. The molecule has 0 saturated carbocycles. The van der Waals surface area contributed by atoms with Crippen molar-refractivity contribution in [1.82, 2.24) is 0 Å². The molecule has 0 aromatic heterocycles. The van der Waals surface area contributed by atoms with Crippen molar-refractivity contribution in [3.8, 4) is 5.75 Å². The monoisotopic (exact) mass is 283 g/mol. The first-order valence-electron chi connectivity index (χ1n) is 6.77. The second-order valence-corrected chi connectivity index (χ2v) is 5.92. The van der Waals surface area contributed by atoms with E-state index in [1.165, 1.54) is 16.7 Å². The number of hydrogen-bond donors (Lipinski definition) is 0. The number of rotatable bonds is 4. The van der Waals surface area contributed by atoms with Crippen LogP contribution in [0, 0.1) is 6.92 Å².